The molecule has 8 heteroatoms. The average Bonchev–Trinajstić information content (AvgIpc) is 2.70. The van der Waals surface area contributed by atoms with Crippen molar-refractivity contribution in [3.8, 4) is 0 Å². The fraction of sp³-hybridized carbons (Fsp3) is 0.261. The fourth-order valence-corrected chi connectivity index (χ4v) is 2.59. The molecule has 0 unspecified atom stereocenters. The van der Waals surface area contributed by atoms with Gasteiger partial charge in [-0.15, -0.1) is 0 Å². The molecule has 0 bridgehead atoms. The summed E-state index contributed by atoms with van der Waals surface area (Å²) in [5.41, 5.74) is 1.60. The van der Waals surface area contributed by atoms with E-state index in [4.69, 9.17) is 16.3 Å². The lowest BCUT2D eigenvalue weighted by molar-refractivity contribution is -0.120. The zero-order chi connectivity index (χ0) is 22.9. The van der Waals surface area contributed by atoms with Crippen LogP contribution in [0.5, 0.6) is 0 Å². The highest BCUT2D eigenvalue weighted by atomic mass is 35.5. The van der Waals surface area contributed by atoms with E-state index in [0.29, 0.717) is 10.7 Å². The number of ether oxygens (including phenoxy) is 1. The third-order valence-corrected chi connectivity index (χ3v) is 4.17. The van der Waals surface area contributed by atoms with Gasteiger partial charge in [0.15, 0.2) is 0 Å². The topological polar surface area (TPSA) is 96.5 Å². The van der Waals surface area contributed by atoms with Crippen LogP contribution in [0.15, 0.2) is 54.6 Å². The lowest BCUT2D eigenvalue weighted by Crippen LogP contribution is -2.39. The van der Waals surface area contributed by atoms with Crippen molar-refractivity contribution in [2.24, 2.45) is 0 Å². The lowest BCUT2D eigenvalue weighted by Gasteiger charge is -2.19. The van der Waals surface area contributed by atoms with Gasteiger partial charge in [0, 0.05) is 23.3 Å². The Morgan fingerprint density at radius 2 is 1.68 bits per heavy atom. The van der Waals surface area contributed by atoms with Crippen LogP contribution in [0.3, 0.4) is 0 Å². The van der Waals surface area contributed by atoms with Gasteiger partial charge in [0.2, 0.25) is 11.8 Å². The van der Waals surface area contributed by atoms with E-state index in [0.717, 1.165) is 11.1 Å². The molecule has 2 aromatic carbocycles. The smallest absolute Gasteiger partial charge is 0.408 e. The summed E-state index contributed by atoms with van der Waals surface area (Å²) in [7, 11) is 0. The van der Waals surface area contributed by atoms with Gasteiger partial charge in [-0.25, -0.2) is 4.79 Å². The molecule has 0 radical (unpaired) electrons. The number of carbonyl (C=O) groups excluding carboxylic acids is 3. The van der Waals surface area contributed by atoms with E-state index in [1.165, 1.54) is 6.08 Å². The number of rotatable bonds is 7. The molecule has 0 aliphatic rings. The predicted molar refractivity (Wildman–Crippen MR) is 122 cm³/mol. The highest BCUT2D eigenvalue weighted by Gasteiger charge is 2.16. The van der Waals surface area contributed by atoms with Crippen LogP contribution in [0.1, 0.15) is 31.9 Å². The van der Waals surface area contributed by atoms with Crippen molar-refractivity contribution in [2.75, 3.05) is 11.9 Å². The molecule has 0 spiro atoms. The molecule has 0 aliphatic heterocycles. The lowest BCUT2D eigenvalue weighted by atomic mass is 10.2. The molecular formula is C23H26ClN3O4. The number of amides is 3. The Kier molecular flexibility index (Phi) is 8.63. The van der Waals surface area contributed by atoms with Crippen molar-refractivity contribution in [2.45, 2.75) is 32.9 Å². The summed E-state index contributed by atoms with van der Waals surface area (Å²) in [4.78, 5) is 35.5. The molecule has 0 fully saturated rings. The quantitative estimate of drug-likeness (QED) is 0.560. The zero-order valence-electron chi connectivity index (χ0n) is 17.7. The van der Waals surface area contributed by atoms with E-state index < -0.39 is 11.7 Å². The second-order valence-electron chi connectivity index (χ2n) is 7.67. The van der Waals surface area contributed by atoms with Gasteiger partial charge < -0.3 is 20.7 Å². The maximum atomic E-state index is 12.1. The SMILES string of the molecule is CC(C)(C)OC(=O)NCC(=O)NCc1ccc(NC(=O)/C=C/c2ccccc2Cl)cc1. The average molecular weight is 444 g/mol. The van der Waals surface area contributed by atoms with E-state index in [2.05, 4.69) is 16.0 Å². The van der Waals surface area contributed by atoms with Crippen LogP contribution in [0.4, 0.5) is 10.5 Å². The molecule has 0 atom stereocenters. The minimum absolute atomic E-state index is 0.180. The summed E-state index contributed by atoms with van der Waals surface area (Å²) in [6.45, 7) is 5.34. The first-order chi connectivity index (χ1) is 14.6. The highest BCUT2D eigenvalue weighted by molar-refractivity contribution is 6.32. The van der Waals surface area contributed by atoms with Gasteiger partial charge >= 0.3 is 6.09 Å². The molecule has 7 nitrogen and oxygen atoms in total. The van der Waals surface area contributed by atoms with Crippen molar-refractivity contribution < 1.29 is 19.1 Å². The van der Waals surface area contributed by atoms with Crippen molar-refractivity contribution in [3.05, 3.63) is 70.8 Å². The summed E-state index contributed by atoms with van der Waals surface area (Å²) >= 11 is 6.06. The summed E-state index contributed by atoms with van der Waals surface area (Å²) in [5.74, 6) is -0.623. The number of hydrogen-bond acceptors (Lipinski definition) is 4. The maximum absolute atomic E-state index is 12.1. The van der Waals surface area contributed by atoms with Crippen molar-refractivity contribution in [1.29, 1.82) is 0 Å². The summed E-state index contributed by atoms with van der Waals surface area (Å²) < 4.78 is 5.07. The third kappa shape index (κ3) is 9.35. The molecule has 0 saturated carbocycles. The minimum Gasteiger partial charge on any atom is -0.444 e. The predicted octanol–water partition coefficient (Wildman–Crippen LogP) is 4.13. The van der Waals surface area contributed by atoms with E-state index in [1.807, 2.05) is 18.2 Å². The van der Waals surface area contributed by atoms with E-state index in [9.17, 15) is 14.4 Å². The van der Waals surface area contributed by atoms with Gasteiger partial charge in [0.25, 0.3) is 0 Å². The van der Waals surface area contributed by atoms with Gasteiger partial charge in [0.05, 0.1) is 0 Å². The van der Waals surface area contributed by atoms with Crippen LogP contribution in [-0.4, -0.2) is 30.1 Å². The monoisotopic (exact) mass is 443 g/mol. The van der Waals surface area contributed by atoms with Crippen LogP contribution in [0, 0.1) is 0 Å². The van der Waals surface area contributed by atoms with Crippen molar-refractivity contribution >= 4 is 41.3 Å². The zero-order valence-corrected chi connectivity index (χ0v) is 18.5. The molecule has 164 valence electrons. The van der Waals surface area contributed by atoms with E-state index in [-0.39, 0.29) is 24.9 Å². The number of alkyl carbamates (subject to hydrolysis) is 1. The second kappa shape index (κ2) is 11.2. The van der Waals surface area contributed by atoms with Crippen LogP contribution >= 0.6 is 11.6 Å². The minimum atomic E-state index is -0.647. The normalized spacial score (nSPS) is 11.1. The number of halogens is 1. The Hall–Kier alpha value is -3.32. The number of carbonyl (C=O) groups is 3. The second-order valence-corrected chi connectivity index (χ2v) is 8.08. The van der Waals surface area contributed by atoms with Crippen LogP contribution < -0.4 is 16.0 Å². The molecule has 3 N–H and O–H groups in total. The number of benzene rings is 2. The Labute approximate surface area is 186 Å². The Balaban J connectivity index is 1.76. The van der Waals surface area contributed by atoms with Crippen LogP contribution in [0.2, 0.25) is 5.02 Å². The van der Waals surface area contributed by atoms with E-state index in [1.54, 1.807) is 57.2 Å². The molecule has 0 heterocycles. The molecule has 0 aromatic heterocycles. The van der Waals surface area contributed by atoms with Crippen molar-refractivity contribution in [1.82, 2.24) is 10.6 Å². The van der Waals surface area contributed by atoms with E-state index >= 15 is 0 Å². The molecule has 2 aromatic rings. The maximum Gasteiger partial charge on any atom is 0.408 e. The standard InChI is InChI=1S/C23H26ClN3O4/c1-23(2,3)31-22(30)26-15-21(29)25-14-16-8-11-18(12-9-16)27-20(28)13-10-17-6-4-5-7-19(17)24/h4-13H,14-15H2,1-3H3,(H,25,29)(H,26,30)(H,27,28)/b13-10+. The molecule has 0 saturated heterocycles. The Bertz CT molecular complexity index is 950. The first-order valence-electron chi connectivity index (χ1n) is 9.68. The highest BCUT2D eigenvalue weighted by Crippen LogP contribution is 2.16. The van der Waals surface area contributed by atoms with Crippen LogP contribution in [-0.2, 0) is 20.9 Å². The largest absolute Gasteiger partial charge is 0.444 e. The van der Waals surface area contributed by atoms with Gasteiger partial charge in [-0.1, -0.05) is 41.9 Å². The molecule has 2 rings (SSSR count). The fourth-order valence-electron chi connectivity index (χ4n) is 2.40. The summed E-state index contributed by atoms with van der Waals surface area (Å²) in [6, 6.07) is 14.3. The molecule has 31 heavy (non-hydrogen) atoms. The van der Waals surface area contributed by atoms with Gasteiger partial charge in [-0.2, -0.15) is 0 Å². The van der Waals surface area contributed by atoms with Crippen LogP contribution in [0.25, 0.3) is 6.08 Å². The summed E-state index contributed by atoms with van der Waals surface area (Å²) in [6.07, 6.45) is 2.41. The number of nitrogens with one attached hydrogen (secondary N) is 3. The third-order valence-electron chi connectivity index (χ3n) is 3.82. The van der Waals surface area contributed by atoms with Gasteiger partial charge in [-0.05, 0) is 56.2 Å². The first kappa shape index (κ1) is 24.0. The molecule has 3 amide bonds. The Morgan fingerprint density at radius 3 is 2.32 bits per heavy atom. The van der Waals surface area contributed by atoms with Crippen molar-refractivity contribution in [3.63, 3.8) is 0 Å². The van der Waals surface area contributed by atoms with Gasteiger partial charge in [0.1, 0.15) is 12.1 Å². The molecule has 0 aliphatic carbocycles. The summed E-state index contributed by atoms with van der Waals surface area (Å²) in [5, 5.41) is 8.42. The number of hydrogen-bond donors (Lipinski definition) is 3. The Morgan fingerprint density at radius 1 is 1.00 bits per heavy atom. The number of anilines is 1. The van der Waals surface area contributed by atoms with Gasteiger partial charge in [-0.3, -0.25) is 9.59 Å². The molecular weight excluding hydrogens is 418 g/mol. The first-order valence-corrected chi connectivity index (χ1v) is 10.1.